The van der Waals surface area contributed by atoms with Crippen molar-refractivity contribution in [3.63, 3.8) is 0 Å². The SMILES string of the molecule is CCCCCC/C=C/CCCCOC(=O)c1ccc(N)c(O)c1. The van der Waals surface area contributed by atoms with Crippen LogP contribution in [0.1, 0.15) is 68.6 Å². The Hall–Kier alpha value is -1.97. The average Bonchev–Trinajstić information content (AvgIpc) is 2.55. The first-order valence-electron chi connectivity index (χ1n) is 8.55. The van der Waals surface area contributed by atoms with E-state index in [-0.39, 0.29) is 11.4 Å². The lowest BCUT2D eigenvalue weighted by atomic mass is 10.1. The van der Waals surface area contributed by atoms with Gasteiger partial charge in [-0.15, -0.1) is 0 Å². The number of phenols is 1. The zero-order valence-corrected chi connectivity index (χ0v) is 14.1. The highest BCUT2D eigenvalue weighted by Gasteiger charge is 2.08. The van der Waals surface area contributed by atoms with E-state index in [1.54, 1.807) is 6.07 Å². The Morgan fingerprint density at radius 1 is 1.13 bits per heavy atom. The number of benzene rings is 1. The van der Waals surface area contributed by atoms with Gasteiger partial charge in [0.2, 0.25) is 0 Å². The summed E-state index contributed by atoms with van der Waals surface area (Å²) in [5.41, 5.74) is 6.07. The quantitative estimate of drug-likeness (QED) is 0.201. The number of phenolic OH excluding ortho intramolecular Hbond substituents is 1. The summed E-state index contributed by atoms with van der Waals surface area (Å²) in [5, 5.41) is 9.47. The number of esters is 1. The minimum atomic E-state index is -0.424. The first kappa shape index (κ1) is 19.1. The van der Waals surface area contributed by atoms with Gasteiger partial charge in [-0.05, 0) is 50.3 Å². The zero-order chi connectivity index (χ0) is 16.9. The molecule has 0 spiro atoms. The van der Waals surface area contributed by atoms with Gasteiger partial charge in [0, 0.05) is 0 Å². The largest absolute Gasteiger partial charge is 0.506 e. The fourth-order valence-electron chi connectivity index (χ4n) is 2.21. The summed E-state index contributed by atoms with van der Waals surface area (Å²) in [6.07, 6.45) is 13.7. The van der Waals surface area contributed by atoms with Crippen LogP contribution in [0.15, 0.2) is 30.4 Å². The predicted molar refractivity (Wildman–Crippen MR) is 94.6 cm³/mol. The fraction of sp³-hybridized carbons (Fsp3) is 0.526. The first-order chi connectivity index (χ1) is 11.1. The lowest BCUT2D eigenvalue weighted by molar-refractivity contribution is 0.0498. The molecule has 0 atom stereocenters. The van der Waals surface area contributed by atoms with Crippen LogP contribution in [0.25, 0.3) is 0 Å². The number of hydrogen-bond donors (Lipinski definition) is 2. The maximum Gasteiger partial charge on any atom is 0.338 e. The minimum Gasteiger partial charge on any atom is -0.506 e. The second-order valence-corrected chi connectivity index (χ2v) is 5.73. The van der Waals surface area contributed by atoms with E-state index in [0.717, 1.165) is 25.7 Å². The lowest BCUT2D eigenvalue weighted by Gasteiger charge is -2.05. The molecular formula is C19H29NO3. The van der Waals surface area contributed by atoms with Gasteiger partial charge in [-0.3, -0.25) is 0 Å². The molecule has 0 radical (unpaired) electrons. The van der Waals surface area contributed by atoms with Crippen molar-refractivity contribution < 1.29 is 14.6 Å². The van der Waals surface area contributed by atoms with Crippen LogP contribution in [0.2, 0.25) is 0 Å². The summed E-state index contributed by atoms with van der Waals surface area (Å²) in [6.45, 7) is 2.62. The van der Waals surface area contributed by atoms with Gasteiger partial charge in [0.25, 0.3) is 0 Å². The van der Waals surface area contributed by atoms with E-state index >= 15 is 0 Å². The van der Waals surface area contributed by atoms with Crippen molar-refractivity contribution in [3.05, 3.63) is 35.9 Å². The Morgan fingerprint density at radius 3 is 2.48 bits per heavy atom. The molecule has 0 amide bonds. The molecule has 1 rings (SSSR count). The molecule has 0 saturated heterocycles. The summed E-state index contributed by atoms with van der Waals surface area (Å²) in [4.78, 5) is 11.8. The number of nitrogens with two attached hydrogens (primary N) is 1. The van der Waals surface area contributed by atoms with Crippen molar-refractivity contribution in [2.24, 2.45) is 0 Å². The van der Waals surface area contributed by atoms with E-state index in [9.17, 15) is 9.90 Å². The van der Waals surface area contributed by atoms with Crippen LogP contribution in [-0.4, -0.2) is 17.7 Å². The smallest absolute Gasteiger partial charge is 0.338 e. The van der Waals surface area contributed by atoms with Crippen LogP contribution < -0.4 is 5.73 Å². The highest BCUT2D eigenvalue weighted by Crippen LogP contribution is 2.21. The number of carbonyl (C=O) groups excluding carboxylic acids is 1. The molecule has 0 aliphatic heterocycles. The third-order valence-electron chi connectivity index (χ3n) is 3.66. The van der Waals surface area contributed by atoms with Gasteiger partial charge in [0.15, 0.2) is 0 Å². The van der Waals surface area contributed by atoms with Gasteiger partial charge < -0.3 is 15.6 Å². The van der Waals surface area contributed by atoms with Gasteiger partial charge in [0.1, 0.15) is 5.75 Å². The van der Waals surface area contributed by atoms with E-state index in [4.69, 9.17) is 10.5 Å². The van der Waals surface area contributed by atoms with E-state index in [0.29, 0.717) is 12.2 Å². The third kappa shape index (κ3) is 8.29. The molecule has 0 saturated carbocycles. The number of aromatic hydroxyl groups is 1. The molecule has 0 heterocycles. The van der Waals surface area contributed by atoms with Crippen LogP contribution in [-0.2, 0) is 4.74 Å². The number of nitrogen functional groups attached to an aromatic ring is 1. The lowest BCUT2D eigenvalue weighted by Crippen LogP contribution is -2.06. The van der Waals surface area contributed by atoms with Crippen LogP contribution in [0.5, 0.6) is 5.75 Å². The predicted octanol–water partition coefficient (Wildman–Crippen LogP) is 4.83. The van der Waals surface area contributed by atoms with Crippen molar-refractivity contribution in [1.29, 1.82) is 0 Å². The van der Waals surface area contributed by atoms with E-state index < -0.39 is 5.97 Å². The van der Waals surface area contributed by atoms with Gasteiger partial charge in [-0.25, -0.2) is 4.79 Å². The molecule has 4 nitrogen and oxygen atoms in total. The molecule has 0 unspecified atom stereocenters. The fourth-order valence-corrected chi connectivity index (χ4v) is 2.21. The molecule has 128 valence electrons. The molecule has 23 heavy (non-hydrogen) atoms. The second kappa shape index (κ2) is 11.6. The topological polar surface area (TPSA) is 72.5 Å². The molecule has 1 aromatic rings. The summed E-state index contributed by atoms with van der Waals surface area (Å²) in [7, 11) is 0. The summed E-state index contributed by atoms with van der Waals surface area (Å²) < 4.78 is 5.18. The Labute approximate surface area is 139 Å². The van der Waals surface area contributed by atoms with Crippen molar-refractivity contribution in [2.45, 2.75) is 58.3 Å². The molecule has 0 aliphatic carbocycles. The standard InChI is InChI=1S/C19H29NO3/c1-2-3-4-5-6-7-8-9-10-11-14-23-19(22)16-12-13-17(20)18(21)15-16/h7-8,12-13,15,21H,2-6,9-11,14,20H2,1H3/b8-7+. The van der Waals surface area contributed by atoms with Crippen molar-refractivity contribution >= 4 is 11.7 Å². The number of ether oxygens (including phenoxy) is 1. The van der Waals surface area contributed by atoms with Crippen LogP contribution >= 0.6 is 0 Å². The molecule has 0 fully saturated rings. The third-order valence-corrected chi connectivity index (χ3v) is 3.66. The maximum absolute atomic E-state index is 11.8. The van der Waals surface area contributed by atoms with Crippen molar-refractivity contribution in [2.75, 3.05) is 12.3 Å². The maximum atomic E-state index is 11.8. The van der Waals surface area contributed by atoms with Gasteiger partial charge in [-0.1, -0.05) is 38.3 Å². The molecule has 0 aliphatic rings. The number of allylic oxidation sites excluding steroid dienone is 2. The van der Waals surface area contributed by atoms with Crippen LogP contribution in [0.4, 0.5) is 5.69 Å². The number of unbranched alkanes of at least 4 members (excludes halogenated alkanes) is 6. The zero-order valence-electron chi connectivity index (χ0n) is 14.1. The van der Waals surface area contributed by atoms with E-state index in [1.165, 1.54) is 37.8 Å². The van der Waals surface area contributed by atoms with E-state index in [1.807, 2.05) is 0 Å². The molecule has 0 bridgehead atoms. The number of carbonyl (C=O) groups is 1. The molecule has 1 aromatic carbocycles. The number of rotatable bonds is 11. The van der Waals surface area contributed by atoms with Gasteiger partial charge in [-0.2, -0.15) is 0 Å². The number of hydrogen-bond acceptors (Lipinski definition) is 4. The second-order valence-electron chi connectivity index (χ2n) is 5.73. The highest BCUT2D eigenvalue weighted by molar-refractivity contribution is 5.90. The Bertz CT molecular complexity index is 497. The van der Waals surface area contributed by atoms with Gasteiger partial charge >= 0.3 is 5.97 Å². The van der Waals surface area contributed by atoms with Crippen molar-refractivity contribution in [1.82, 2.24) is 0 Å². The summed E-state index contributed by atoms with van der Waals surface area (Å²) in [5.74, 6) is -0.518. The molecule has 0 aromatic heterocycles. The average molecular weight is 319 g/mol. The van der Waals surface area contributed by atoms with Gasteiger partial charge in [0.05, 0.1) is 17.9 Å². The molecular weight excluding hydrogens is 290 g/mol. The minimum absolute atomic E-state index is 0.0940. The first-order valence-corrected chi connectivity index (χ1v) is 8.55. The highest BCUT2D eigenvalue weighted by atomic mass is 16.5. The van der Waals surface area contributed by atoms with Crippen LogP contribution in [0.3, 0.4) is 0 Å². The summed E-state index contributed by atoms with van der Waals surface area (Å²) >= 11 is 0. The monoisotopic (exact) mass is 319 g/mol. The molecule has 4 heteroatoms. The Balaban J connectivity index is 2.07. The van der Waals surface area contributed by atoms with E-state index in [2.05, 4.69) is 19.1 Å². The normalized spacial score (nSPS) is 11.0. The van der Waals surface area contributed by atoms with Crippen LogP contribution in [0, 0.1) is 0 Å². The Kier molecular flexibility index (Phi) is 9.60. The Morgan fingerprint density at radius 2 is 1.83 bits per heavy atom. The van der Waals surface area contributed by atoms with Crippen molar-refractivity contribution in [3.8, 4) is 5.75 Å². The molecule has 3 N–H and O–H groups in total. The number of anilines is 1. The summed E-state index contributed by atoms with van der Waals surface area (Å²) in [6, 6.07) is 4.38.